The number of rotatable bonds is 5. The monoisotopic (exact) mass is 474 g/mol. The van der Waals surface area contributed by atoms with Crippen molar-refractivity contribution in [3.05, 3.63) is 73.9 Å². The summed E-state index contributed by atoms with van der Waals surface area (Å²) in [6.45, 7) is 23.6. The van der Waals surface area contributed by atoms with Crippen molar-refractivity contribution < 1.29 is 21.7 Å². The Bertz CT molecular complexity index is 787. The summed E-state index contributed by atoms with van der Waals surface area (Å²) in [4.78, 5) is 0. The minimum Gasteiger partial charge on any atom is -0.358 e. The summed E-state index contributed by atoms with van der Waals surface area (Å²) in [5.74, 6) is 0. The first-order valence-corrected chi connectivity index (χ1v) is 14.6. The third-order valence-corrected chi connectivity index (χ3v) is 8.76. The molecule has 30 heavy (non-hydrogen) atoms. The standard InChI is InChI=1S/C24H37Si2.3CH3.Ti/c1-16-11-20(13-21(12-16)26(8,9)10)25-15-23-19(4)17(2)18(3)22(23)14-24(5,6)7;;;;/h11-13H,14-15H2,1-10H3;3*1H3;/q4*-1;+4. The molecule has 0 amide bonds. The van der Waals surface area contributed by atoms with E-state index in [1.54, 1.807) is 21.5 Å². The Balaban J connectivity index is -0.00000182. The Hall–Kier alpha value is -0.282. The van der Waals surface area contributed by atoms with E-state index >= 15 is 0 Å². The van der Waals surface area contributed by atoms with Crippen LogP contribution in [0.2, 0.25) is 19.6 Å². The van der Waals surface area contributed by atoms with Crippen LogP contribution in [-0.4, -0.2) is 17.6 Å². The molecule has 0 fully saturated rings. The van der Waals surface area contributed by atoms with Crippen LogP contribution in [-0.2, 0) is 34.2 Å². The first-order valence-electron chi connectivity index (χ1n) is 9.90. The first-order chi connectivity index (χ1) is 11.8. The normalized spacial score (nSPS) is 11.0. The van der Waals surface area contributed by atoms with Crippen LogP contribution in [0.5, 0.6) is 0 Å². The molecule has 0 atom stereocenters. The van der Waals surface area contributed by atoms with Gasteiger partial charge in [-0.15, -0.1) is 0 Å². The van der Waals surface area contributed by atoms with E-state index < -0.39 is 8.07 Å². The second-order valence-electron chi connectivity index (χ2n) is 10.3. The summed E-state index contributed by atoms with van der Waals surface area (Å²) >= 11 is 0. The van der Waals surface area contributed by atoms with Gasteiger partial charge >= 0.3 is 21.7 Å². The summed E-state index contributed by atoms with van der Waals surface area (Å²) in [6, 6.07) is 8.51. The maximum absolute atomic E-state index is 2.50. The van der Waals surface area contributed by atoms with Gasteiger partial charge < -0.3 is 22.3 Å². The molecule has 2 rings (SSSR count). The SMILES string of the molecule is Cc1cc([Si]C[c-]2c(C)c(C)c(C)c2CC(C)(C)C)cc([Si](C)(C)C)c1.[CH3-].[CH3-].[CH3-].[Ti+4]. The van der Waals surface area contributed by atoms with Crippen LogP contribution in [0.1, 0.15) is 54.2 Å². The summed E-state index contributed by atoms with van der Waals surface area (Å²) in [7, 11) is -0.393. The van der Waals surface area contributed by atoms with E-state index in [1.807, 2.05) is 0 Å². The largest absolute Gasteiger partial charge is 4.00 e. The molecule has 3 heteroatoms. The smallest absolute Gasteiger partial charge is 0.358 e. The fourth-order valence-electron chi connectivity index (χ4n) is 3.70. The summed E-state index contributed by atoms with van der Waals surface area (Å²) < 4.78 is 0. The number of hydrogen-bond acceptors (Lipinski definition) is 0. The Morgan fingerprint density at radius 1 is 0.867 bits per heavy atom. The van der Waals surface area contributed by atoms with Gasteiger partial charge in [0.1, 0.15) is 0 Å². The number of hydrogen-bond donors (Lipinski definition) is 0. The van der Waals surface area contributed by atoms with E-state index in [0.717, 1.165) is 9.52 Å². The van der Waals surface area contributed by atoms with E-state index in [1.165, 1.54) is 34.7 Å². The molecule has 0 aliphatic rings. The average molecular weight is 475 g/mol. The van der Waals surface area contributed by atoms with Gasteiger partial charge in [0.25, 0.3) is 0 Å². The fourth-order valence-corrected chi connectivity index (χ4v) is 6.54. The maximum Gasteiger partial charge on any atom is 4.00 e. The van der Waals surface area contributed by atoms with Gasteiger partial charge in [-0.3, -0.25) is 0 Å². The van der Waals surface area contributed by atoms with Crippen molar-refractivity contribution >= 4 is 28.0 Å². The van der Waals surface area contributed by atoms with Crippen molar-refractivity contribution in [2.75, 3.05) is 0 Å². The second kappa shape index (κ2) is 12.7. The van der Waals surface area contributed by atoms with Crippen LogP contribution in [0.3, 0.4) is 0 Å². The quantitative estimate of drug-likeness (QED) is 0.336. The van der Waals surface area contributed by atoms with E-state index in [9.17, 15) is 0 Å². The summed E-state index contributed by atoms with van der Waals surface area (Å²) in [6.07, 6.45) is 1.18. The Morgan fingerprint density at radius 3 is 1.87 bits per heavy atom. The minimum atomic E-state index is -1.26. The predicted octanol–water partition coefficient (Wildman–Crippen LogP) is 6.65. The molecule has 0 N–H and O–H groups in total. The first kappa shape index (κ1) is 34.3. The molecule has 0 saturated carbocycles. The third-order valence-electron chi connectivity index (χ3n) is 5.51. The molecule has 0 unspecified atom stereocenters. The molecule has 0 nitrogen and oxygen atoms in total. The van der Waals surface area contributed by atoms with Gasteiger partial charge in [0, 0.05) is 0 Å². The molecular formula is C27H46Si2Ti. The van der Waals surface area contributed by atoms with Crippen LogP contribution in [0, 0.1) is 55.4 Å². The Labute approximate surface area is 208 Å². The molecule has 0 aliphatic heterocycles. The zero-order valence-electron chi connectivity index (χ0n) is 22.1. The fraction of sp³-hybridized carbons (Fsp3) is 0.481. The van der Waals surface area contributed by atoms with Crippen molar-refractivity contribution in [1.29, 1.82) is 0 Å². The average Bonchev–Trinajstić information content (AvgIpc) is 2.67. The molecule has 2 aromatic carbocycles. The van der Waals surface area contributed by atoms with Gasteiger partial charge in [0.05, 0.1) is 17.6 Å². The van der Waals surface area contributed by atoms with Crippen molar-refractivity contribution in [2.24, 2.45) is 5.41 Å². The van der Waals surface area contributed by atoms with Crippen molar-refractivity contribution in [3.8, 4) is 0 Å². The molecule has 0 bridgehead atoms. The topological polar surface area (TPSA) is 0 Å². The Kier molecular flexibility index (Phi) is 14.5. The van der Waals surface area contributed by atoms with Crippen LogP contribution in [0.25, 0.3) is 0 Å². The van der Waals surface area contributed by atoms with E-state index in [0.29, 0.717) is 5.41 Å². The summed E-state index contributed by atoms with van der Waals surface area (Å²) in [5.41, 5.74) is 9.59. The second-order valence-corrected chi connectivity index (χ2v) is 16.6. The van der Waals surface area contributed by atoms with Crippen LogP contribution in [0.15, 0.2) is 18.2 Å². The molecule has 0 heterocycles. The van der Waals surface area contributed by atoms with Gasteiger partial charge in [-0.25, -0.2) is 0 Å². The molecule has 166 valence electrons. The predicted molar refractivity (Wildman–Crippen MR) is 142 cm³/mol. The molecule has 2 aromatic rings. The van der Waals surface area contributed by atoms with Crippen molar-refractivity contribution in [3.63, 3.8) is 0 Å². The Morgan fingerprint density at radius 2 is 1.40 bits per heavy atom. The van der Waals surface area contributed by atoms with Gasteiger partial charge in [-0.2, -0.15) is 27.8 Å². The molecule has 0 aromatic heterocycles. The minimum absolute atomic E-state index is 0. The third kappa shape index (κ3) is 8.69. The van der Waals surface area contributed by atoms with E-state index in [2.05, 4.69) is 86.3 Å². The zero-order valence-corrected chi connectivity index (χ0v) is 25.7. The molecule has 2 radical (unpaired) electrons. The maximum atomic E-state index is 2.50. The van der Waals surface area contributed by atoms with Crippen LogP contribution in [0.4, 0.5) is 0 Å². The molecule has 0 aliphatic carbocycles. The zero-order chi connectivity index (χ0) is 19.9. The molecular weight excluding hydrogens is 428 g/mol. The van der Waals surface area contributed by atoms with E-state index in [4.69, 9.17) is 0 Å². The van der Waals surface area contributed by atoms with Crippen LogP contribution < -0.4 is 10.4 Å². The molecule has 0 spiro atoms. The summed E-state index contributed by atoms with van der Waals surface area (Å²) in [5, 5.41) is 3.14. The van der Waals surface area contributed by atoms with Gasteiger partial charge in [-0.1, -0.05) is 101 Å². The van der Waals surface area contributed by atoms with Gasteiger partial charge in [-0.05, 0) is 18.8 Å². The number of aryl methyl sites for hydroxylation is 1. The number of benzene rings is 1. The van der Waals surface area contributed by atoms with Crippen molar-refractivity contribution in [2.45, 2.75) is 80.6 Å². The van der Waals surface area contributed by atoms with Crippen LogP contribution >= 0.6 is 0 Å². The molecule has 0 saturated heterocycles. The van der Waals surface area contributed by atoms with Gasteiger partial charge in [0.15, 0.2) is 0 Å². The van der Waals surface area contributed by atoms with E-state index in [-0.39, 0.29) is 44.0 Å². The van der Waals surface area contributed by atoms with Gasteiger partial charge in [0.2, 0.25) is 0 Å². The van der Waals surface area contributed by atoms with Crippen molar-refractivity contribution in [1.82, 2.24) is 0 Å².